The van der Waals surface area contributed by atoms with E-state index in [1.54, 1.807) is 0 Å². The Morgan fingerprint density at radius 2 is 1.95 bits per heavy atom. The van der Waals surface area contributed by atoms with E-state index in [4.69, 9.17) is 5.11 Å². The molecule has 0 saturated heterocycles. The van der Waals surface area contributed by atoms with E-state index < -0.39 is 5.97 Å². The summed E-state index contributed by atoms with van der Waals surface area (Å²) >= 11 is 0. The first kappa shape index (κ1) is 15.0. The summed E-state index contributed by atoms with van der Waals surface area (Å²) in [7, 11) is 0. The van der Waals surface area contributed by atoms with E-state index in [2.05, 4.69) is 10.6 Å². The van der Waals surface area contributed by atoms with Crippen molar-refractivity contribution in [1.82, 2.24) is 10.6 Å². The minimum absolute atomic E-state index is 0.0490. The summed E-state index contributed by atoms with van der Waals surface area (Å²) in [5.41, 5.74) is 1.00. The van der Waals surface area contributed by atoms with Gasteiger partial charge < -0.3 is 15.7 Å². The van der Waals surface area contributed by atoms with E-state index in [1.165, 1.54) is 0 Å². The second kappa shape index (κ2) is 8.13. The Labute approximate surface area is 113 Å². The average molecular weight is 264 g/mol. The number of hydrogen-bond acceptors (Lipinski definition) is 2. The SMILES string of the molecule is CCCC(CC(=O)O)NC(=O)NCc1ccccc1. The van der Waals surface area contributed by atoms with E-state index in [1.807, 2.05) is 37.3 Å². The summed E-state index contributed by atoms with van der Waals surface area (Å²) in [4.78, 5) is 22.3. The van der Waals surface area contributed by atoms with Crippen molar-refractivity contribution in [3.8, 4) is 0 Å². The molecule has 0 bridgehead atoms. The quantitative estimate of drug-likeness (QED) is 0.706. The number of carboxylic acid groups (broad SMARTS) is 1. The zero-order chi connectivity index (χ0) is 14.1. The van der Waals surface area contributed by atoms with Crippen LogP contribution in [0.1, 0.15) is 31.7 Å². The third-order valence-electron chi connectivity index (χ3n) is 2.69. The molecule has 1 atom stereocenters. The van der Waals surface area contributed by atoms with Crippen LogP contribution in [0.5, 0.6) is 0 Å². The van der Waals surface area contributed by atoms with Gasteiger partial charge in [-0.25, -0.2) is 4.79 Å². The highest BCUT2D eigenvalue weighted by atomic mass is 16.4. The van der Waals surface area contributed by atoms with Gasteiger partial charge in [0.1, 0.15) is 0 Å². The third-order valence-corrected chi connectivity index (χ3v) is 2.69. The first-order valence-electron chi connectivity index (χ1n) is 6.42. The predicted molar refractivity (Wildman–Crippen MR) is 72.8 cm³/mol. The summed E-state index contributed by atoms with van der Waals surface area (Å²) in [5.74, 6) is -0.901. The molecule has 5 heteroatoms. The summed E-state index contributed by atoms with van der Waals surface area (Å²) in [6.45, 7) is 2.39. The monoisotopic (exact) mass is 264 g/mol. The lowest BCUT2D eigenvalue weighted by molar-refractivity contribution is -0.137. The first-order valence-corrected chi connectivity index (χ1v) is 6.42. The molecule has 19 heavy (non-hydrogen) atoms. The van der Waals surface area contributed by atoms with E-state index in [-0.39, 0.29) is 18.5 Å². The summed E-state index contributed by atoms with van der Waals surface area (Å²) < 4.78 is 0. The Bertz CT molecular complexity index is 406. The van der Waals surface area contributed by atoms with Gasteiger partial charge in [-0.15, -0.1) is 0 Å². The zero-order valence-corrected chi connectivity index (χ0v) is 11.1. The summed E-state index contributed by atoms with van der Waals surface area (Å²) in [5, 5.41) is 14.2. The van der Waals surface area contributed by atoms with Crippen LogP contribution in [-0.4, -0.2) is 23.1 Å². The Hall–Kier alpha value is -2.04. The lowest BCUT2D eigenvalue weighted by Gasteiger charge is -2.16. The standard InChI is InChI=1S/C14H20N2O3/c1-2-6-12(9-13(17)18)16-14(19)15-10-11-7-4-3-5-8-11/h3-5,7-8,12H,2,6,9-10H2,1H3,(H,17,18)(H2,15,16,19). The van der Waals surface area contributed by atoms with Crippen molar-refractivity contribution in [3.05, 3.63) is 35.9 Å². The lowest BCUT2D eigenvalue weighted by atomic mass is 10.1. The van der Waals surface area contributed by atoms with E-state index in [9.17, 15) is 9.59 Å². The van der Waals surface area contributed by atoms with Gasteiger partial charge >= 0.3 is 12.0 Å². The normalized spacial score (nSPS) is 11.6. The minimum Gasteiger partial charge on any atom is -0.481 e. The van der Waals surface area contributed by atoms with Gasteiger partial charge in [-0.2, -0.15) is 0 Å². The van der Waals surface area contributed by atoms with E-state index in [0.717, 1.165) is 12.0 Å². The van der Waals surface area contributed by atoms with Crippen molar-refractivity contribution in [3.63, 3.8) is 0 Å². The highest BCUT2D eigenvalue weighted by Crippen LogP contribution is 2.02. The second-order valence-corrected chi connectivity index (χ2v) is 4.40. The number of hydrogen-bond donors (Lipinski definition) is 3. The van der Waals surface area contributed by atoms with Crippen molar-refractivity contribution < 1.29 is 14.7 Å². The van der Waals surface area contributed by atoms with Gasteiger partial charge in [0.05, 0.1) is 6.42 Å². The van der Waals surface area contributed by atoms with Gasteiger partial charge in [0.15, 0.2) is 0 Å². The number of benzene rings is 1. The molecule has 2 amide bonds. The van der Waals surface area contributed by atoms with Gasteiger partial charge in [0.25, 0.3) is 0 Å². The predicted octanol–water partition coefficient (Wildman–Crippen LogP) is 2.13. The molecule has 1 aromatic rings. The molecule has 0 aliphatic carbocycles. The van der Waals surface area contributed by atoms with Crippen LogP contribution < -0.4 is 10.6 Å². The molecule has 1 aromatic carbocycles. The van der Waals surface area contributed by atoms with Crippen LogP contribution >= 0.6 is 0 Å². The minimum atomic E-state index is -0.901. The Morgan fingerprint density at radius 3 is 2.53 bits per heavy atom. The molecule has 0 spiro atoms. The van der Waals surface area contributed by atoms with Crippen LogP contribution in [-0.2, 0) is 11.3 Å². The van der Waals surface area contributed by atoms with Crippen molar-refractivity contribution in [2.24, 2.45) is 0 Å². The van der Waals surface area contributed by atoms with E-state index >= 15 is 0 Å². The molecule has 0 radical (unpaired) electrons. The first-order chi connectivity index (χ1) is 9.11. The molecule has 3 N–H and O–H groups in total. The van der Waals surface area contributed by atoms with Crippen molar-refractivity contribution >= 4 is 12.0 Å². The smallest absolute Gasteiger partial charge is 0.315 e. The van der Waals surface area contributed by atoms with Gasteiger partial charge in [-0.3, -0.25) is 4.79 Å². The second-order valence-electron chi connectivity index (χ2n) is 4.40. The van der Waals surface area contributed by atoms with Crippen LogP contribution in [0.2, 0.25) is 0 Å². The molecule has 0 aromatic heterocycles. The number of urea groups is 1. The number of carbonyl (C=O) groups excluding carboxylic acids is 1. The lowest BCUT2D eigenvalue weighted by Crippen LogP contribution is -2.42. The van der Waals surface area contributed by atoms with Crippen LogP contribution in [0.3, 0.4) is 0 Å². The Balaban J connectivity index is 2.37. The molecule has 104 valence electrons. The van der Waals surface area contributed by atoms with Crippen LogP contribution in [0.4, 0.5) is 4.79 Å². The molecule has 5 nitrogen and oxygen atoms in total. The van der Waals surface area contributed by atoms with Crippen molar-refractivity contribution in [1.29, 1.82) is 0 Å². The fourth-order valence-corrected chi connectivity index (χ4v) is 1.80. The topological polar surface area (TPSA) is 78.4 Å². The Kier molecular flexibility index (Phi) is 6.43. The van der Waals surface area contributed by atoms with Crippen molar-refractivity contribution in [2.75, 3.05) is 0 Å². The fourth-order valence-electron chi connectivity index (χ4n) is 1.80. The molecule has 0 fully saturated rings. The van der Waals surface area contributed by atoms with E-state index in [0.29, 0.717) is 13.0 Å². The molecular formula is C14H20N2O3. The molecule has 0 aliphatic heterocycles. The number of carbonyl (C=O) groups is 2. The maximum atomic E-state index is 11.7. The van der Waals surface area contributed by atoms with Crippen LogP contribution in [0.25, 0.3) is 0 Å². The highest BCUT2D eigenvalue weighted by molar-refractivity contribution is 5.75. The van der Waals surface area contributed by atoms with Gasteiger partial charge in [-0.05, 0) is 12.0 Å². The molecule has 0 saturated carbocycles. The average Bonchev–Trinajstić information content (AvgIpc) is 2.37. The van der Waals surface area contributed by atoms with Crippen LogP contribution in [0, 0.1) is 0 Å². The molecule has 0 heterocycles. The molecular weight excluding hydrogens is 244 g/mol. The fraction of sp³-hybridized carbons (Fsp3) is 0.429. The number of nitrogens with one attached hydrogen (secondary N) is 2. The maximum absolute atomic E-state index is 11.7. The maximum Gasteiger partial charge on any atom is 0.315 e. The third kappa shape index (κ3) is 6.45. The largest absolute Gasteiger partial charge is 0.481 e. The van der Waals surface area contributed by atoms with Crippen molar-refractivity contribution in [2.45, 2.75) is 38.8 Å². The Morgan fingerprint density at radius 1 is 1.26 bits per heavy atom. The summed E-state index contributed by atoms with van der Waals surface area (Å²) in [6, 6.07) is 8.90. The zero-order valence-electron chi connectivity index (χ0n) is 11.1. The van der Waals surface area contributed by atoms with Gasteiger partial charge in [0.2, 0.25) is 0 Å². The highest BCUT2D eigenvalue weighted by Gasteiger charge is 2.14. The summed E-state index contributed by atoms with van der Waals surface area (Å²) in [6.07, 6.45) is 1.44. The number of carboxylic acids is 1. The molecule has 1 rings (SSSR count). The van der Waals surface area contributed by atoms with Crippen LogP contribution in [0.15, 0.2) is 30.3 Å². The molecule has 1 unspecified atom stereocenters. The van der Waals surface area contributed by atoms with Gasteiger partial charge in [-0.1, -0.05) is 43.7 Å². The van der Waals surface area contributed by atoms with Gasteiger partial charge in [0, 0.05) is 12.6 Å². The molecule has 0 aliphatic rings. The number of amides is 2. The number of aliphatic carboxylic acids is 1. The number of rotatable bonds is 7.